The number of rotatable bonds is 3. The number of sulfone groups is 1. The zero-order valence-corrected chi connectivity index (χ0v) is 11.8. The van der Waals surface area contributed by atoms with Crippen molar-refractivity contribution in [2.24, 2.45) is 0 Å². The number of carbonyl (C=O) groups excluding carboxylic acids is 1. The summed E-state index contributed by atoms with van der Waals surface area (Å²) in [5.41, 5.74) is 0. The van der Waals surface area contributed by atoms with Gasteiger partial charge in [0, 0.05) is 6.26 Å². The summed E-state index contributed by atoms with van der Waals surface area (Å²) >= 11 is 0. The number of esters is 1. The first kappa shape index (κ1) is 14.0. The molecule has 7 nitrogen and oxygen atoms in total. The fourth-order valence-electron chi connectivity index (χ4n) is 2.39. The number of ether oxygens (including phenoxy) is 1. The molecular weight excluding hydrogens is 270 g/mol. The van der Waals surface area contributed by atoms with Crippen LogP contribution in [0.2, 0.25) is 0 Å². The molecule has 2 unspecified atom stereocenters. The van der Waals surface area contributed by atoms with Gasteiger partial charge < -0.3 is 4.74 Å². The van der Waals surface area contributed by atoms with Crippen LogP contribution in [0.25, 0.3) is 0 Å². The first-order valence-electron chi connectivity index (χ1n) is 6.10. The third-order valence-electron chi connectivity index (χ3n) is 3.45. The summed E-state index contributed by atoms with van der Waals surface area (Å²) in [5, 5.41) is 3.72. The molecule has 1 aliphatic rings. The van der Waals surface area contributed by atoms with E-state index < -0.39 is 15.8 Å². The maximum atomic E-state index is 11.6. The van der Waals surface area contributed by atoms with Crippen LogP contribution in [-0.4, -0.2) is 47.8 Å². The summed E-state index contributed by atoms with van der Waals surface area (Å²) in [4.78, 5) is 15.2. The fraction of sp³-hybridized carbons (Fsp3) is 0.727. The van der Waals surface area contributed by atoms with Gasteiger partial charge in [-0.05, 0) is 19.3 Å². The molecule has 2 atom stereocenters. The topological polar surface area (TPSA) is 91.1 Å². The molecule has 1 aromatic rings. The van der Waals surface area contributed by atoms with E-state index in [1.165, 1.54) is 19.7 Å². The van der Waals surface area contributed by atoms with Crippen LogP contribution in [-0.2, 0) is 14.6 Å². The van der Waals surface area contributed by atoms with E-state index >= 15 is 0 Å². The Labute approximate surface area is 111 Å². The van der Waals surface area contributed by atoms with Crippen molar-refractivity contribution in [3.05, 3.63) is 12.2 Å². The lowest BCUT2D eigenvalue weighted by Gasteiger charge is -2.27. The van der Waals surface area contributed by atoms with Crippen molar-refractivity contribution < 1.29 is 17.9 Å². The lowest BCUT2D eigenvalue weighted by molar-refractivity contribution is 0.0586. The van der Waals surface area contributed by atoms with E-state index in [1.807, 2.05) is 0 Å². The molecule has 0 saturated heterocycles. The average Bonchev–Trinajstić information content (AvgIpc) is 2.86. The Morgan fingerprint density at radius 3 is 2.84 bits per heavy atom. The summed E-state index contributed by atoms with van der Waals surface area (Å²) in [6, 6.07) is -0.0284. The van der Waals surface area contributed by atoms with Crippen molar-refractivity contribution in [3.8, 4) is 0 Å². The number of aromatic nitrogens is 3. The maximum absolute atomic E-state index is 11.6. The van der Waals surface area contributed by atoms with Gasteiger partial charge in [0.15, 0.2) is 0 Å². The second-order valence-electron chi connectivity index (χ2n) is 4.81. The summed E-state index contributed by atoms with van der Waals surface area (Å²) in [6.07, 6.45) is 5.60. The number of hydrogen-bond acceptors (Lipinski definition) is 6. The molecule has 8 heteroatoms. The van der Waals surface area contributed by atoms with E-state index in [-0.39, 0.29) is 17.1 Å². The lowest BCUT2D eigenvalue weighted by Crippen LogP contribution is -2.29. The average molecular weight is 287 g/mol. The molecule has 1 aliphatic carbocycles. The van der Waals surface area contributed by atoms with Crippen LogP contribution in [0.1, 0.15) is 42.3 Å². The first-order valence-corrected chi connectivity index (χ1v) is 8.05. The standard InChI is InChI=1S/C11H17N3O4S/c1-18-11(15)10-12-7-14(13-10)8-4-3-5-9(6-8)19(2,16)17/h7-9H,3-6H2,1-2H3. The number of methoxy groups -OCH3 is 1. The summed E-state index contributed by atoms with van der Waals surface area (Å²) in [5.74, 6) is -0.585. The van der Waals surface area contributed by atoms with Gasteiger partial charge in [-0.2, -0.15) is 0 Å². The fourth-order valence-corrected chi connectivity index (χ4v) is 3.55. The summed E-state index contributed by atoms with van der Waals surface area (Å²) < 4.78 is 29.3. The van der Waals surface area contributed by atoms with Gasteiger partial charge in [-0.1, -0.05) is 6.42 Å². The summed E-state index contributed by atoms with van der Waals surface area (Å²) in [6.45, 7) is 0. The van der Waals surface area contributed by atoms with E-state index in [0.29, 0.717) is 12.8 Å². The minimum Gasteiger partial charge on any atom is -0.463 e. The molecule has 106 valence electrons. The molecule has 0 aromatic carbocycles. The van der Waals surface area contributed by atoms with E-state index in [9.17, 15) is 13.2 Å². The number of carbonyl (C=O) groups is 1. The Morgan fingerprint density at radius 2 is 2.21 bits per heavy atom. The van der Waals surface area contributed by atoms with Gasteiger partial charge in [-0.3, -0.25) is 0 Å². The van der Waals surface area contributed by atoms with Crippen LogP contribution in [0.3, 0.4) is 0 Å². The molecule has 1 aromatic heterocycles. The van der Waals surface area contributed by atoms with E-state index in [4.69, 9.17) is 0 Å². The molecule has 0 radical (unpaired) electrons. The van der Waals surface area contributed by atoms with Crippen LogP contribution < -0.4 is 0 Å². The highest BCUT2D eigenvalue weighted by Gasteiger charge is 2.30. The third-order valence-corrected chi connectivity index (χ3v) is 5.09. The largest absolute Gasteiger partial charge is 0.463 e. The molecule has 1 heterocycles. The molecule has 0 aliphatic heterocycles. The van der Waals surface area contributed by atoms with Crippen LogP contribution in [0.5, 0.6) is 0 Å². The highest BCUT2D eigenvalue weighted by Crippen LogP contribution is 2.31. The summed E-state index contributed by atoms with van der Waals surface area (Å²) in [7, 11) is -1.77. The van der Waals surface area contributed by atoms with Gasteiger partial charge in [0.2, 0.25) is 0 Å². The monoisotopic (exact) mass is 287 g/mol. The molecule has 1 fully saturated rings. The molecule has 19 heavy (non-hydrogen) atoms. The van der Waals surface area contributed by atoms with Crippen LogP contribution in [0.4, 0.5) is 0 Å². The third kappa shape index (κ3) is 3.12. The Bertz CT molecular complexity index is 566. The molecule has 0 N–H and O–H groups in total. The van der Waals surface area contributed by atoms with Gasteiger partial charge in [0.25, 0.3) is 5.82 Å². The molecule has 2 rings (SSSR count). The Balaban J connectivity index is 2.14. The van der Waals surface area contributed by atoms with Gasteiger partial charge in [-0.25, -0.2) is 22.9 Å². The second-order valence-corrected chi connectivity index (χ2v) is 7.14. The number of nitrogens with zero attached hydrogens (tertiary/aromatic N) is 3. The molecule has 0 amide bonds. The van der Waals surface area contributed by atoms with Crippen LogP contribution >= 0.6 is 0 Å². The smallest absolute Gasteiger partial charge is 0.377 e. The highest BCUT2D eigenvalue weighted by molar-refractivity contribution is 7.91. The van der Waals surface area contributed by atoms with Crippen LogP contribution in [0.15, 0.2) is 6.33 Å². The van der Waals surface area contributed by atoms with E-state index in [0.717, 1.165) is 12.8 Å². The molecular formula is C11H17N3O4S. The van der Waals surface area contributed by atoms with Gasteiger partial charge in [-0.15, -0.1) is 5.10 Å². The molecule has 0 bridgehead atoms. The number of hydrogen-bond donors (Lipinski definition) is 0. The van der Waals surface area contributed by atoms with E-state index in [1.54, 1.807) is 4.68 Å². The molecule has 1 saturated carbocycles. The minimum absolute atomic E-state index is 0.00368. The van der Waals surface area contributed by atoms with Gasteiger partial charge in [0.1, 0.15) is 16.2 Å². The molecule has 0 spiro atoms. The van der Waals surface area contributed by atoms with Crippen molar-refractivity contribution in [1.82, 2.24) is 14.8 Å². The Hall–Kier alpha value is -1.44. The SMILES string of the molecule is COC(=O)c1ncn(C2CCCC(S(C)(=O)=O)C2)n1. The van der Waals surface area contributed by atoms with Gasteiger partial charge in [0.05, 0.1) is 18.4 Å². The minimum atomic E-state index is -3.03. The normalized spacial score (nSPS) is 24.1. The van der Waals surface area contributed by atoms with Crippen molar-refractivity contribution in [2.45, 2.75) is 37.0 Å². The Morgan fingerprint density at radius 1 is 1.47 bits per heavy atom. The zero-order chi connectivity index (χ0) is 14.0. The predicted octanol–water partition coefficient (Wildman–Crippen LogP) is 0.593. The van der Waals surface area contributed by atoms with Gasteiger partial charge >= 0.3 is 5.97 Å². The highest BCUT2D eigenvalue weighted by atomic mass is 32.2. The predicted molar refractivity (Wildman–Crippen MR) is 67.5 cm³/mol. The van der Waals surface area contributed by atoms with Crippen molar-refractivity contribution in [1.29, 1.82) is 0 Å². The van der Waals surface area contributed by atoms with Crippen LogP contribution in [0, 0.1) is 0 Å². The zero-order valence-electron chi connectivity index (χ0n) is 10.9. The maximum Gasteiger partial charge on any atom is 0.377 e. The lowest BCUT2D eigenvalue weighted by atomic mass is 9.95. The second kappa shape index (κ2) is 5.28. The quantitative estimate of drug-likeness (QED) is 0.756. The van der Waals surface area contributed by atoms with Crippen molar-refractivity contribution in [3.63, 3.8) is 0 Å². The van der Waals surface area contributed by atoms with E-state index in [2.05, 4.69) is 14.8 Å². The van der Waals surface area contributed by atoms with Crippen molar-refractivity contribution >= 4 is 15.8 Å². The Kier molecular flexibility index (Phi) is 3.88. The first-order chi connectivity index (χ1) is 8.91. The van der Waals surface area contributed by atoms with Crippen molar-refractivity contribution in [2.75, 3.05) is 13.4 Å².